The van der Waals surface area contributed by atoms with Gasteiger partial charge in [0, 0.05) is 22.2 Å². The van der Waals surface area contributed by atoms with Crippen LogP contribution < -0.4 is 0 Å². The van der Waals surface area contributed by atoms with Crippen LogP contribution in [0.5, 0.6) is 0 Å². The molecule has 0 fully saturated rings. The summed E-state index contributed by atoms with van der Waals surface area (Å²) < 4.78 is 0. The number of halogens is 2. The first-order valence-corrected chi connectivity index (χ1v) is 6.35. The Balaban J connectivity index is 2.59. The highest BCUT2D eigenvalue weighted by molar-refractivity contribution is 7.99. The molecule has 0 aliphatic rings. The molecule has 14 heavy (non-hydrogen) atoms. The zero-order chi connectivity index (χ0) is 10.6. The largest absolute Gasteiger partial charge is 0.244 e. The molecule has 0 aromatic carbocycles. The van der Waals surface area contributed by atoms with Crippen molar-refractivity contribution in [3.05, 3.63) is 28.0 Å². The Hall–Kier alpha value is 0.0800. The highest BCUT2D eigenvalue weighted by Crippen LogP contribution is 2.25. The van der Waals surface area contributed by atoms with Crippen LogP contribution in [0.1, 0.15) is 25.8 Å². The summed E-state index contributed by atoms with van der Waals surface area (Å²) in [6, 6.07) is 1.69. The molecule has 1 aromatic rings. The van der Waals surface area contributed by atoms with E-state index in [0.717, 1.165) is 11.3 Å². The van der Waals surface area contributed by atoms with E-state index in [2.05, 4.69) is 18.8 Å². The Morgan fingerprint density at radius 2 is 2.21 bits per heavy atom. The van der Waals surface area contributed by atoms with Crippen molar-refractivity contribution in [2.45, 2.75) is 31.3 Å². The molecule has 1 atom stereocenters. The summed E-state index contributed by atoms with van der Waals surface area (Å²) in [5.41, 5.74) is 1.06. The molecule has 1 aromatic heterocycles. The second-order valence-corrected chi connectivity index (χ2v) is 5.35. The molecule has 1 rings (SSSR count). The fourth-order valence-corrected chi connectivity index (χ4v) is 2.33. The predicted octanol–water partition coefficient (Wildman–Crippen LogP) is 4.42. The number of hydrogen-bond donors (Lipinski definition) is 0. The van der Waals surface area contributed by atoms with Gasteiger partial charge in [-0.1, -0.05) is 37.0 Å². The number of pyridine rings is 1. The topological polar surface area (TPSA) is 12.9 Å². The van der Waals surface area contributed by atoms with Crippen LogP contribution >= 0.6 is 35.0 Å². The minimum absolute atomic E-state index is 0.451. The van der Waals surface area contributed by atoms with Gasteiger partial charge in [-0.2, -0.15) is 11.8 Å². The maximum atomic E-state index is 6.02. The quantitative estimate of drug-likeness (QED) is 0.733. The van der Waals surface area contributed by atoms with Gasteiger partial charge in [0.2, 0.25) is 0 Å². The van der Waals surface area contributed by atoms with E-state index in [1.165, 1.54) is 6.42 Å². The normalized spacial score (nSPS) is 12.9. The van der Waals surface area contributed by atoms with Gasteiger partial charge in [-0.05, 0) is 18.1 Å². The lowest BCUT2D eigenvalue weighted by atomic mass is 10.3. The molecule has 78 valence electrons. The van der Waals surface area contributed by atoms with E-state index in [1.54, 1.807) is 12.3 Å². The molecule has 0 aliphatic carbocycles. The zero-order valence-corrected chi connectivity index (χ0v) is 10.6. The second-order valence-electron chi connectivity index (χ2n) is 3.13. The van der Waals surface area contributed by atoms with Gasteiger partial charge >= 0.3 is 0 Å². The van der Waals surface area contributed by atoms with Crippen LogP contribution in [0.15, 0.2) is 12.3 Å². The molecule has 0 saturated heterocycles. The fourth-order valence-electron chi connectivity index (χ4n) is 0.892. The summed E-state index contributed by atoms with van der Waals surface area (Å²) in [5.74, 6) is 0.901. The molecule has 0 radical (unpaired) electrons. The lowest BCUT2D eigenvalue weighted by Gasteiger charge is -2.08. The Kier molecular flexibility index (Phi) is 5.07. The summed E-state index contributed by atoms with van der Waals surface area (Å²) >= 11 is 13.6. The first-order chi connectivity index (χ1) is 6.63. The van der Waals surface area contributed by atoms with Gasteiger partial charge in [0.1, 0.15) is 5.15 Å². The van der Waals surface area contributed by atoms with Crippen molar-refractivity contribution in [1.82, 2.24) is 4.98 Å². The van der Waals surface area contributed by atoms with Crippen molar-refractivity contribution in [3.63, 3.8) is 0 Å². The minimum Gasteiger partial charge on any atom is -0.244 e. The van der Waals surface area contributed by atoms with Crippen LogP contribution in [-0.2, 0) is 5.75 Å². The van der Waals surface area contributed by atoms with E-state index in [9.17, 15) is 0 Å². The Bertz CT molecular complexity index is 304. The molecular formula is C10H13Cl2NS. The van der Waals surface area contributed by atoms with Gasteiger partial charge in [0.05, 0.1) is 0 Å². The van der Waals surface area contributed by atoms with Gasteiger partial charge in [0.15, 0.2) is 0 Å². The highest BCUT2D eigenvalue weighted by atomic mass is 35.5. The van der Waals surface area contributed by atoms with E-state index >= 15 is 0 Å². The summed E-state index contributed by atoms with van der Waals surface area (Å²) in [5, 5.41) is 1.81. The van der Waals surface area contributed by atoms with Crippen LogP contribution in [0.25, 0.3) is 0 Å². The average Bonchev–Trinajstić information content (AvgIpc) is 2.16. The lowest BCUT2D eigenvalue weighted by molar-refractivity contribution is 0.905. The van der Waals surface area contributed by atoms with Crippen LogP contribution in [0.4, 0.5) is 0 Å². The van der Waals surface area contributed by atoms with Gasteiger partial charge in [-0.15, -0.1) is 0 Å². The third kappa shape index (κ3) is 3.68. The first-order valence-electron chi connectivity index (χ1n) is 4.55. The van der Waals surface area contributed by atoms with Crippen molar-refractivity contribution >= 4 is 35.0 Å². The van der Waals surface area contributed by atoms with Crippen molar-refractivity contribution in [3.8, 4) is 0 Å². The standard InChI is InChI=1S/C10H13Cl2NS/c1-3-7(2)14-6-8-5-13-10(12)4-9(8)11/h4-5,7H,3,6H2,1-2H3. The van der Waals surface area contributed by atoms with E-state index < -0.39 is 0 Å². The maximum absolute atomic E-state index is 6.02. The molecule has 0 amide bonds. The van der Waals surface area contributed by atoms with Crippen LogP contribution in [-0.4, -0.2) is 10.2 Å². The monoisotopic (exact) mass is 249 g/mol. The number of nitrogens with zero attached hydrogens (tertiary/aromatic N) is 1. The van der Waals surface area contributed by atoms with Gasteiger partial charge in [0.25, 0.3) is 0 Å². The molecular weight excluding hydrogens is 237 g/mol. The maximum Gasteiger partial charge on any atom is 0.130 e. The van der Waals surface area contributed by atoms with Crippen molar-refractivity contribution < 1.29 is 0 Å². The molecule has 0 N–H and O–H groups in total. The Morgan fingerprint density at radius 3 is 2.79 bits per heavy atom. The summed E-state index contributed by atoms with van der Waals surface area (Å²) in [7, 11) is 0. The highest BCUT2D eigenvalue weighted by Gasteiger charge is 2.05. The molecule has 1 heterocycles. The van der Waals surface area contributed by atoms with Crippen molar-refractivity contribution in [2.24, 2.45) is 0 Å². The van der Waals surface area contributed by atoms with Crippen molar-refractivity contribution in [2.75, 3.05) is 0 Å². The molecule has 0 spiro atoms. The fraction of sp³-hybridized carbons (Fsp3) is 0.500. The number of hydrogen-bond acceptors (Lipinski definition) is 2. The molecule has 4 heteroatoms. The first kappa shape index (κ1) is 12.2. The molecule has 1 unspecified atom stereocenters. The summed E-state index contributed by atoms with van der Waals surface area (Å²) in [6.07, 6.45) is 2.92. The third-order valence-electron chi connectivity index (χ3n) is 1.99. The van der Waals surface area contributed by atoms with Gasteiger partial charge < -0.3 is 0 Å². The van der Waals surface area contributed by atoms with Crippen molar-refractivity contribution in [1.29, 1.82) is 0 Å². The Morgan fingerprint density at radius 1 is 1.50 bits per heavy atom. The van der Waals surface area contributed by atoms with Crippen LogP contribution in [0.3, 0.4) is 0 Å². The SMILES string of the molecule is CCC(C)SCc1cnc(Cl)cc1Cl. The van der Waals surface area contributed by atoms with Gasteiger partial charge in [-0.3, -0.25) is 0 Å². The number of aromatic nitrogens is 1. The lowest BCUT2D eigenvalue weighted by Crippen LogP contribution is -1.94. The summed E-state index contributed by atoms with van der Waals surface area (Å²) in [6.45, 7) is 4.39. The molecule has 1 nitrogen and oxygen atoms in total. The molecule has 0 bridgehead atoms. The number of thioether (sulfide) groups is 1. The van der Waals surface area contributed by atoms with Crippen LogP contribution in [0.2, 0.25) is 10.2 Å². The van der Waals surface area contributed by atoms with E-state index in [1.807, 2.05) is 11.8 Å². The minimum atomic E-state index is 0.451. The predicted molar refractivity (Wildman–Crippen MR) is 65.3 cm³/mol. The van der Waals surface area contributed by atoms with E-state index in [-0.39, 0.29) is 0 Å². The third-order valence-corrected chi connectivity index (χ3v) is 3.93. The Labute approximate surface area is 99.2 Å². The van der Waals surface area contributed by atoms with Crippen LogP contribution in [0, 0.1) is 0 Å². The summed E-state index contributed by atoms with van der Waals surface area (Å²) in [4.78, 5) is 4.01. The molecule has 0 saturated carbocycles. The molecule has 0 aliphatic heterocycles. The smallest absolute Gasteiger partial charge is 0.130 e. The van der Waals surface area contributed by atoms with E-state index in [0.29, 0.717) is 15.4 Å². The zero-order valence-electron chi connectivity index (χ0n) is 8.26. The van der Waals surface area contributed by atoms with Gasteiger partial charge in [-0.25, -0.2) is 4.98 Å². The van der Waals surface area contributed by atoms with E-state index in [4.69, 9.17) is 23.2 Å². The number of rotatable bonds is 4. The second kappa shape index (κ2) is 5.84. The average molecular weight is 250 g/mol.